The van der Waals surface area contributed by atoms with Crippen LogP contribution in [0.5, 0.6) is 5.75 Å². The summed E-state index contributed by atoms with van der Waals surface area (Å²) in [6, 6.07) is 6.80. The van der Waals surface area contributed by atoms with Crippen molar-refractivity contribution in [3.05, 3.63) is 29.8 Å². The van der Waals surface area contributed by atoms with E-state index in [1.54, 1.807) is 24.3 Å². The minimum atomic E-state index is -0.291. The molecule has 4 nitrogen and oxygen atoms in total. The van der Waals surface area contributed by atoms with Gasteiger partial charge in [-0.2, -0.15) is 0 Å². The second-order valence-electron chi connectivity index (χ2n) is 4.24. The van der Waals surface area contributed by atoms with E-state index in [-0.39, 0.29) is 17.8 Å². The van der Waals surface area contributed by atoms with Crippen LogP contribution in [0, 0.1) is 0 Å². The van der Waals surface area contributed by atoms with Gasteiger partial charge in [0, 0.05) is 13.2 Å². The van der Waals surface area contributed by atoms with Crippen LogP contribution in [0.15, 0.2) is 24.3 Å². The molecule has 1 unspecified atom stereocenters. The number of aromatic hydroxyl groups is 1. The lowest BCUT2D eigenvalue weighted by molar-refractivity contribution is -0.135. The Morgan fingerprint density at radius 3 is 2.76 bits per heavy atom. The van der Waals surface area contributed by atoms with Crippen LogP contribution < -0.4 is 5.32 Å². The van der Waals surface area contributed by atoms with Crippen LogP contribution in [0.3, 0.4) is 0 Å². The van der Waals surface area contributed by atoms with Crippen molar-refractivity contribution >= 4 is 5.91 Å². The van der Waals surface area contributed by atoms with Crippen molar-refractivity contribution in [3.63, 3.8) is 0 Å². The normalized spacial score (nSPS) is 19.9. The van der Waals surface area contributed by atoms with E-state index in [9.17, 15) is 4.79 Å². The third-order valence-electron chi connectivity index (χ3n) is 2.88. The molecule has 1 fully saturated rings. The predicted molar refractivity (Wildman–Crippen MR) is 63.5 cm³/mol. The zero-order valence-electron chi connectivity index (χ0n) is 9.69. The van der Waals surface area contributed by atoms with Gasteiger partial charge in [-0.1, -0.05) is 12.1 Å². The molecular weight excluding hydrogens is 218 g/mol. The lowest BCUT2D eigenvalue weighted by atomic mass is 10.1. The monoisotopic (exact) mass is 235 g/mol. The minimum absolute atomic E-state index is 0.0437. The highest BCUT2D eigenvalue weighted by atomic mass is 16.5. The van der Waals surface area contributed by atoms with E-state index < -0.39 is 0 Å². The maximum absolute atomic E-state index is 11.8. The van der Waals surface area contributed by atoms with Gasteiger partial charge in [-0.3, -0.25) is 4.79 Å². The lowest BCUT2D eigenvalue weighted by Gasteiger charge is -2.21. The molecule has 2 rings (SSSR count). The Bertz CT molecular complexity index is 369. The van der Waals surface area contributed by atoms with Crippen molar-refractivity contribution in [1.29, 1.82) is 0 Å². The van der Waals surface area contributed by atoms with E-state index in [1.165, 1.54) is 0 Å². The number of phenols is 1. The third-order valence-corrected chi connectivity index (χ3v) is 2.88. The average molecular weight is 235 g/mol. The molecular formula is C13H17NO3. The fraction of sp³-hybridized carbons (Fsp3) is 0.462. The van der Waals surface area contributed by atoms with Gasteiger partial charge in [0.25, 0.3) is 0 Å². The molecule has 17 heavy (non-hydrogen) atoms. The van der Waals surface area contributed by atoms with Crippen LogP contribution >= 0.6 is 0 Å². The first kappa shape index (κ1) is 11.9. The summed E-state index contributed by atoms with van der Waals surface area (Å²) in [7, 11) is 0. The number of nitrogens with one attached hydrogen (secondary N) is 1. The van der Waals surface area contributed by atoms with E-state index in [2.05, 4.69) is 5.32 Å². The Labute approximate surface area is 101 Å². The number of benzene rings is 1. The average Bonchev–Trinajstić information content (AvgIpc) is 2.39. The molecule has 1 atom stereocenters. The van der Waals surface area contributed by atoms with Crippen LogP contribution in [0.2, 0.25) is 0 Å². The van der Waals surface area contributed by atoms with Gasteiger partial charge in [0.1, 0.15) is 11.9 Å². The Hall–Kier alpha value is -1.55. The third kappa shape index (κ3) is 3.46. The molecule has 92 valence electrons. The van der Waals surface area contributed by atoms with Crippen molar-refractivity contribution in [2.24, 2.45) is 0 Å². The maximum atomic E-state index is 11.8. The van der Waals surface area contributed by atoms with Crippen LogP contribution in [0.25, 0.3) is 0 Å². The molecule has 1 aromatic carbocycles. The molecule has 0 aliphatic carbocycles. The standard InChI is InChI=1S/C13H17NO3/c15-11-6-4-10(5-7-11)9-14-13(16)12-3-1-2-8-17-12/h4-7,12,15H,1-3,8-9H2,(H,14,16). The van der Waals surface area contributed by atoms with E-state index >= 15 is 0 Å². The molecule has 0 aromatic heterocycles. The first-order valence-electron chi connectivity index (χ1n) is 5.93. The van der Waals surface area contributed by atoms with Crippen LogP contribution in [-0.2, 0) is 16.1 Å². The molecule has 0 saturated carbocycles. The summed E-state index contributed by atoms with van der Waals surface area (Å²) in [6.07, 6.45) is 2.61. The number of amides is 1. The second kappa shape index (κ2) is 5.68. The van der Waals surface area contributed by atoms with Gasteiger partial charge in [-0.25, -0.2) is 0 Å². The smallest absolute Gasteiger partial charge is 0.249 e. The van der Waals surface area contributed by atoms with E-state index in [4.69, 9.17) is 9.84 Å². The zero-order valence-corrected chi connectivity index (χ0v) is 9.69. The number of hydrogen-bond donors (Lipinski definition) is 2. The molecule has 0 radical (unpaired) electrons. The van der Waals surface area contributed by atoms with Gasteiger partial charge in [0.2, 0.25) is 5.91 Å². The molecule has 1 aliphatic rings. The number of phenolic OH excluding ortho intramolecular Hbond substituents is 1. The van der Waals surface area contributed by atoms with Crippen molar-refractivity contribution in [2.75, 3.05) is 6.61 Å². The quantitative estimate of drug-likeness (QED) is 0.836. The van der Waals surface area contributed by atoms with Gasteiger partial charge in [0.15, 0.2) is 0 Å². The molecule has 1 amide bonds. The highest BCUT2D eigenvalue weighted by Gasteiger charge is 2.21. The fourth-order valence-corrected chi connectivity index (χ4v) is 1.86. The van der Waals surface area contributed by atoms with Crippen molar-refractivity contribution in [3.8, 4) is 5.75 Å². The molecule has 0 bridgehead atoms. The largest absolute Gasteiger partial charge is 0.508 e. The van der Waals surface area contributed by atoms with Gasteiger partial charge in [0.05, 0.1) is 0 Å². The van der Waals surface area contributed by atoms with Crippen molar-refractivity contribution in [1.82, 2.24) is 5.32 Å². The number of carbonyl (C=O) groups excluding carboxylic acids is 1. The Kier molecular flexibility index (Phi) is 3.98. The molecule has 1 aliphatic heterocycles. The minimum Gasteiger partial charge on any atom is -0.508 e. The summed E-state index contributed by atoms with van der Waals surface area (Å²) in [4.78, 5) is 11.8. The summed E-state index contributed by atoms with van der Waals surface area (Å²) >= 11 is 0. The summed E-state index contributed by atoms with van der Waals surface area (Å²) in [5, 5.41) is 12.0. The molecule has 4 heteroatoms. The highest BCUT2D eigenvalue weighted by molar-refractivity contribution is 5.80. The molecule has 1 aromatic rings. The van der Waals surface area contributed by atoms with Gasteiger partial charge in [-0.15, -0.1) is 0 Å². The zero-order chi connectivity index (χ0) is 12.1. The lowest BCUT2D eigenvalue weighted by Crippen LogP contribution is -2.37. The van der Waals surface area contributed by atoms with Crippen LogP contribution in [0.1, 0.15) is 24.8 Å². The van der Waals surface area contributed by atoms with E-state index in [0.29, 0.717) is 13.2 Å². The van der Waals surface area contributed by atoms with E-state index in [0.717, 1.165) is 24.8 Å². The summed E-state index contributed by atoms with van der Waals surface area (Å²) < 4.78 is 5.40. The van der Waals surface area contributed by atoms with Gasteiger partial charge < -0.3 is 15.2 Å². The predicted octanol–water partition coefficient (Wildman–Crippen LogP) is 1.58. The number of hydrogen-bond acceptors (Lipinski definition) is 3. The van der Waals surface area contributed by atoms with Crippen LogP contribution in [0.4, 0.5) is 0 Å². The second-order valence-corrected chi connectivity index (χ2v) is 4.24. The fourth-order valence-electron chi connectivity index (χ4n) is 1.86. The number of carbonyl (C=O) groups is 1. The maximum Gasteiger partial charge on any atom is 0.249 e. The Balaban J connectivity index is 1.81. The Morgan fingerprint density at radius 2 is 2.12 bits per heavy atom. The highest BCUT2D eigenvalue weighted by Crippen LogP contribution is 2.13. The summed E-state index contributed by atoms with van der Waals surface area (Å²) in [5.41, 5.74) is 0.965. The van der Waals surface area contributed by atoms with Gasteiger partial charge in [-0.05, 0) is 37.0 Å². The first-order chi connectivity index (χ1) is 8.25. The summed E-state index contributed by atoms with van der Waals surface area (Å²) in [5.74, 6) is 0.188. The topological polar surface area (TPSA) is 58.6 Å². The SMILES string of the molecule is O=C(NCc1ccc(O)cc1)C1CCCCO1. The molecule has 1 heterocycles. The first-order valence-corrected chi connectivity index (χ1v) is 5.93. The number of rotatable bonds is 3. The van der Waals surface area contributed by atoms with Crippen molar-refractivity contribution < 1.29 is 14.6 Å². The molecule has 0 spiro atoms. The molecule has 1 saturated heterocycles. The van der Waals surface area contributed by atoms with Gasteiger partial charge >= 0.3 is 0 Å². The van der Waals surface area contributed by atoms with Crippen LogP contribution in [-0.4, -0.2) is 23.7 Å². The molecule has 2 N–H and O–H groups in total. The summed E-state index contributed by atoms with van der Waals surface area (Å²) in [6.45, 7) is 1.15. The van der Waals surface area contributed by atoms with Crippen molar-refractivity contribution in [2.45, 2.75) is 31.9 Å². The number of ether oxygens (including phenoxy) is 1. The van der Waals surface area contributed by atoms with E-state index in [1.807, 2.05) is 0 Å². The Morgan fingerprint density at radius 1 is 1.35 bits per heavy atom.